The van der Waals surface area contributed by atoms with Crippen molar-refractivity contribution in [1.82, 2.24) is 4.90 Å². The van der Waals surface area contributed by atoms with Gasteiger partial charge in [0.2, 0.25) is 0 Å². The number of phenols is 1. The Bertz CT molecular complexity index is 413. The van der Waals surface area contributed by atoms with E-state index in [-0.39, 0.29) is 11.5 Å². The molecule has 0 saturated carbocycles. The van der Waals surface area contributed by atoms with E-state index in [1.54, 1.807) is 24.3 Å². The van der Waals surface area contributed by atoms with Crippen LogP contribution in [0.4, 0.5) is 0 Å². The second kappa shape index (κ2) is 5.53. The lowest BCUT2D eigenvalue weighted by atomic mass is 9.88. The molecule has 1 aliphatic heterocycles. The average molecular weight is 247 g/mol. The van der Waals surface area contributed by atoms with Crippen LogP contribution < -0.4 is 0 Å². The van der Waals surface area contributed by atoms with Crippen LogP contribution in [0.1, 0.15) is 30.6 Å². The Hall–Kier alpha value is -1.35. The highest BCUT2D eigenvalue weighted by molar-refractivity contribution is 5.97. The molecule has 0 amide bonds. The van der Waals surface area contributed by atoms with Crippen molar-refractivity contribution in [2.75, 3.05) is 19.6 Å². The second-order valence-corrected chi connectivity index (χ2v) is 5.45. The van der Waals surface area contributed by atoms with Crippen LogP contribution in [0.25, 0.3) is 0 Å². The van der Waals surface area contributed by atoms with Gasteiger partial charge in [-0.1, -0.05) is 13.8 Å². The summed E-state index contributed by atoms with van der Waals surface area (Å²) >= 11 is 0. The minimum Gasteiger partial charge on any atom is -0.508 e. The number of ketones is 1. The minimum atomic E-state index is 0.136. The molecule has 1 N–H and O–H groups in total. The highest BCUT2D eigenvalue weighted by Crippen LogP contribution is 2.22. The van der Waals surface area contributed by atoms with E-state index in [0.29, 0.717) is 18.0 Å². The number of carbonyl (C=O) groups excluding carboxylic acids is 1. The highest BCUT2D eigenvalue weighted by Gasteiger charge is 2.24. The number of piperidine rings is 1. The van der Waals surface area contributed by atoms with Gasteiger partial charge in [-0.3, -0.25) is 9.69 Å². The molecule has 1 heterocycles. The van der Waals surface area contributed by atoms with Gasteiger partial charge in [0, 0.05) is 12.1 Å². The fourth-order valence-corrected chi connectivity index (χ4v) is 2.43. The van der Waals surface area contributed by atoms with E-state index in [4.69, 9.17) is 0 Å². The van der Waals surface area contributed by atoms with Crippen molar-refractivity contribution in [2.45, 2.75) is 20.3 Å². The summed E-state index contributed by atoms with van der Waals surface area (Å²) in [6, 6.07) is 6.50. The van der Waals surface area contributed by atoms with Crippen molar-refractivity contribution in [2.24, 2.45) is 11.8 Å². The first-order chi connectivity index (χ1) is 8.56. The van der Waals surface area contributed by atoms with Crippen molar-refractivity contribution < 1.29 is 9.90 Å². The molecular formula is C15H21NO2. The molecule has 2 rings (SSSR count). The molecule has 0 spiro atoms. The summed E-state index contributed by atoms with van der Waals surface area (Å²) in [5, 5.41) is 9.20. The zero-order chi connectivity index (χ0) is 13.1. The van der Waals surface area contributed by atoms with E-state index in [0.717, 1.165) is 19.0 Å². The van der Waals surface area contributed by atoms with Gasteiger partial charge in [-0.05, 0) is 49.1 Å². The van der Waals surface area contributed by atoms with Crippen molar-refractivity contribution in [3.05, 3.63) is 29.8 Å². The number of nitrogens with zero attached hydrogens (tertiary/aromatic N) is 1. The molecule has 1 saturated heterocycles. The standard InChI is InChI=1S/C15H21NO2/c1-11-7-8-16(9-12(11)2)10-15(18)13-3-5-14(17)6-4-13/h3-6,11-12,17H,7-10H2,1-2H3. The molecule has 2 atom stereocenters. The molecule has 3 nitrogen and oxygen atoms in total. The number of hydrogen-bond donors (Lipinski definition) is 1. The minimum absolute atomic E-state index is 0.136. The largest absolute Gasteiger partial charge is 0.508 e. The maximum Gasteiger partial charge on any atom is 0.176 e. The van der Waals surface area contributed by atoms with Gasteiger partial charge in [-0.15, -0.1) is 0 Å². The summed E-state index contributed by atoms with van der Waals surface area (Å²) in [7, 11) is 0. The van der Waals surface area contributed by atoms with E-state index in [1.165, 1.54) is 6.42 Å². The fraction of sp³-hybridized carbons (Fsp3) is 0.533. The predicted octanol–water partition coefficient (Wildman–Crippen LogP) is 2.55. The normalized spacial score (nSPS) is 25.0. The molecular weight excluding hydrogens is 226 g/mol. The molecule has 18 heavy (non-hydrogen) atoms. The van der Waals surface area contributed by atoms with E-state index in [2.05, 4.69) is 18.7 Å². The molecule has 0 aromatic heterocycles. The summed E-state index contributed by atoms with van der Waals surface area (Å²) in [6.45, 7) is 7.04. The Morgan fingerprint density at radius 3 is 2.56 bits per heavy atom. The van der Waals surface area contributed by atoms with Crippen LogP contribution in [-0.2, 0) is 0 Å². The molecule has 1 aromatic carbocycles. The zero-order valence-corrected chi connectivity index (χ0v) is 11.1. The molecule has 0 bridgehead atoms. The predicted molar refractivity (Wildman–Crippen MR) is 71.8 cm³/mol. The molecule has 1 aliphatic rings. The number of phenolic OH excluding ortho intramolecular Hbond substituents is 1. The summed E-state index contributed by atoms with van der Waals surface area (Å²) in [5.74, 6) is 1.75. The summed E-state index contributed by atoms with van der Waals surface area (Å²) in [5.41, 5.74) is 0.680. The highest BCUT2D eigenvalue weighted by atomic mass is 16.3. The van der Waals surface area contributed by atoms with Crippen LogP contribution in [0.2, 0.25) is 0 Å². The second-order valence-electron chi connectivity index (χ2n) is 5.45. The number of rotatable bonds is 3. The van der Waals surface area contributed by atoms with Crippen LogP contribution >= 0.6 is 0 Å². The third-order valence-electron chi connectivity index (χ3n) is 3.97. The Morgan fingerprint density at radius 2 is 1.94 bits per heavy atom. The van der Waals surface area contributed by atoms with Crippen molar-refractivity contribution >= 4 is 5.78 Å². The van der Waals surface area contributed by atoms with Crippen molar-refractivity contribution in [3.63, 3.8) is 0 Å². The fourth-order valence-electron chi connectivity index (χ4n) is 2.43. The molecule has 0 aliphatic carbocycles. The average Bonchev–Trinajstić information content (AvgIpc) is 2.34. The van der Waals surface area contributed by atoms with Crippen LogP contribution in [0.3, 0.4) is 0 Å². The van der Waals surface area contributed by atoms with Gasteiger partial charge in [0.05, 0.1) is 6.54 Å². The Balaban J connectivity index is 1.93. The zero-order valence-electron chi connectivity index (χ0n) is 11.1. The van der Waals surface area contributed by atoms with Gasteiger partial charge >= 0.3 is 0 Å². The molecule has 0 radical (unpaired) electrons. The monoisotopic (exact) mass is 247 g/mol. The maximum absolute atomic E-state index is 12.1. The van der Waals surface area contributed by atoms with Gasteiger partial charge in [-0.25, -0.2) is 0 Å². The van der Waals surface area contributed by atoms with Crippen LogP contribution in [-0.4, -0.2) is 35.4 Å². The van der Waals surface area contributed by atoms with Gasteiger partial charge in [0.1, 0.15) is 5.75 Å². The Labute approximate surface area is 108 Å². The molecule has 1 fully saturated rings. The Kier molecular flexibility index (Phi) is 4.02. The lowest BCUT2D eigenvalue weighted by Gasteiger charge is -2.34. The lowest BCUT2D eigenvalue weighted by Crippen LogP contribution is -2.41. The number of hydrogen-bond acceptors (Lipinski definition) is 3. The topological polar surface area (TPSA) is 40.5 Å². The van der Waals surface area contributed by atoms with Crippen LogP contribution in [0.5, 0.6) is 5.75 Å². The third-order valence-corrected chi connectivity index (χ3v) is 3.97. The lowest BCUT2D eigenvalue weighted by molar-refractivity contribution is 0.0849. The van der Waals surface area contributed by atoms with Crippen molar-refractivity contribution in [3.8, 4) is 5.75 Å². The summed E-state index contributed by atoms with van der Waals surface area (Å²) < 4.78 is 0. The van der Waals surface area contributed by atoms with E-state index in [9.17, 15) is 9.90 Å². The smallest absolute Gasteiger partial charge is 0.176 e. The first-order valence-electron chi connectivity index (χ1n) is 6.61. The third kappa shape index (κ3) is 3.10. The number of Topliss-reactive ketones (excluding diaryl/α,β-unsaturated/α-hetero) is 1. The first kappa shape index (κ1) is 13.1. The Morgan fingerprint density at radius 1 is 1.28 bits per heavy atom. The number of aromatic hydroxyl groups is 1. The van der Waals surface area contributed by atoms with E-state index >= 15 is 0 Å². The van der Waals surface area contributed by atoms with Gasteiger partial charge in [0.25, 0.3) is 0 Å². The van der Waals surface area contributed by atoms with Gasteiger partial charge in [-0.2, -0.15) is 0 Å². The molecule has 1 aromatic rings. The maximum atomic E-state index is 12.1. The van der Waals surface area contributed by atoms with Crippen molar-refractivity contribution in [1.29, 1.82) is 0 Å². The van der Waals surface area contributed by atoms with E-state index < -0.39 is 0 Å². The summed E-state index contributed by atoms with van der Waals surface area (Å²) in [4.78, 5) is 14.3. The number of benzene rings is 1. The number of carbonyl (C=O) groups is 1. The van der Waals surface area contributed by atoms with Gasteiger partial charge < -0.3 is 5.11 Å². The molecule has 3 heteroatoms. The molecule has 2 unspecified atom stereocenters. The quantitative estimate of drug-likeness (QED) is 0.834. The first-order valence-corrected chi connectivity index (χ1v) is 6.61. The SMILES string of the molecule is CC1CCN(CC(=O)c2ccc(O)cc2)CC1C. The molecule has 98 valence electrons. The summed E-state index contributed by atoms with van der Waals surface area (Å²) in [6.07, 6.45) is 1.17. The van der Waals surface area contributed by atoms with E-state index in [1.807, 2.05) is 0 Å². The van der Waals surface area contributed by atoms with Crippen LogP contribution in [0.15, 0.2) is 24.3 Å². The number of likely N-dealkylation sites (tertiary alicyclic amines) is 1. The van der Waals surface area contributed by atoms with Gasteiger partial charge in [0.15, 0.2) is 5.78 Å². The van der Waals surface area contributed by atoms with Crippen LogP contribution in [0, 0.1) is 11.8 Å².